The van der Waals surface area contributed by atoms with Gasteiger partial charge in [0.25, 0.3) is 0 Å². The number of hydrogen-bond acceptors (Lipinski definition) is 4. The summed E-state index contributed by atoms with van der Waals surface area (Å²) in [7, 11) is 0. The summed E-state index contributed by atoms with van der Waals surface area (Å²) in [5, 5.41) is 4.74. The van der Waals surface area contributed by atoms with Crippen LogP contribution in [0.5, 0.6) is 0 Å². The second-order valence-corrected chi connectivity index (χ2v) is 6.64. The summed E-state index contributed by atoms with van der Waals surface area (Å²) in [4.78, 5) is 18.1. The molecule has 29 heavy (non-hydrogen) atoms. The molecule has 3 rings (SSSR count). The number of aliphatic imine (C=N–C) groups is 1. The maximum absolute atomic E-state index is 4.77. The zero-order valence-corrected chi connectivity index (χ0v) is 17.9. The largest absolute Gasteiger partial charge is 0.654 e. The third kappa shape index (κ3) is 7.49. The standard InChI is InChI=1S/C23H26N5.Co/c1-18(24-16-12-20-8-3-5-14-26-20)22-10-7-11-23(28-22)19(2)25-17-13-21-9-4-6-15-27-21;/h3-11,14-15,18H,12-13,16-17H2,1-2H3;/q-1;/t18-;/m0./s1. The van der Waals surface area contributed by atoms with Gasteiger partial charge in [0.1, 0.15) is 0 Å². The van der Waals surface area contributed by atoms with E-state index in [2.05, 4.69) is 21.9 Å². The van der Waals surface area contributed by atoms with Crippen molar-refractivity contribution in [3.8, 4) is 0 Å². The van der Waals surface area contributed by atoms with E-state index < -0.39 is 0 Å². The fourth-order valence-electron chi connectivity index (χ4n) is 2.86. The van der Waals surface area contributed by atoms with Crippen molar-refractivity contribution >= 4 is 5.71 Å². The molecule has 6 heteroatoms. The van der Waals surface area contributed by atoms with Crippen LogP contribution in [0.1, 0.15) is 42.7 Å². The molecule has 153 valence electrons. The molecule has 1 atom stereocenters. The molecular formula is C23H26CoN5-. The average Bonchev–Trinajstić information content (AvgIpc) is 2.75. The van der Waals surface area contributed by atoms with Crippen LogP contribution in [0.4, 0.5) is 0 Å². The summed E-state index contributed by atoms with van der Waals surface area (Å²) in [5.74, 6) is 0. The van der Waals surface area contributed by atoms with Gasteiger partial charge in [-0.2, -0.15) is 0 Å². The quantitative estimate of drug-likeness (QED) is 0.465. The zero-order valence-electron chi connectivity index (χ0n) is 16.8. The molecule has 3 aromatic rings. The van der Waals surface area contributed by atoms with Crippen molar-refractivity contribution in [3.05, 3.63) is 95.1 Å². The van der Waals surface area contributed by atoms with Crippen molar-refractivity contribution in [1.82, 2.24) is 15.0 Å². The third-order valence-corrected chi connectivity index (χ3v) is 4.51. The summed E-state index contributed by atoms with van der Waals surface area (Å²) in [6.07, 6.45) is 5.31. The molecule has 0 aromatic carbocycles. The van der Waals surface area contributed by atoms with Gasteiger partial charge in [0.2, 0.25) is 0 Å². The van der Waals surface area contributed by atoms with Crippen molar-refractivity contribution in [2.75, 3.05) is 13.1 Å². The molecule has 0 aliphatic rings. The predicted molar refractivity (Wildman–Crippen MR) is 114 cm³/mol. The molecule has 0 spiro atoms. The Bertz CT molecular complexity index is 884. The summed E-state index contributed by atoms with van der Waals surface area (Å²) in [6.45, 7) is 5.53. The Labute approximate surface area is 183 Å². The molecule has 0 amide bonds. The molecule has 0 bridgehead atoms. The minimum atomic E-state index is 0. The van der Waals surface area contributed by atoms with Crippen LogP contribution in [-0.2, 0) is 29.6 Å². The van der Waals surface area contributed by atoms with Crippen LogP contribution >= 0.6 is 0 Å². The Balaban J connectivity index is 0.00000300. The Kier molecular flexibility index (Phi) is 9.63. The van der Waals surface area contributed by atoms with E-state index in [-0.39, 0.29) is 22.8 Å². The number of nitrogens with zero attached hydrogens (tertiary/aromatic N) is 5. The first-order valence-electron chi connectivity index (χ1n) is 9.67. The molecule has 1 radical (unpaired) electrons. The van der Waals surface area contributed by atoms with E-state index in [1.165, 1.54) is 0 Å². The van der Waals surface area contributed by atoms with Gasteiger partial charge in [0.05, 0.1) is 11.4 Å². The molecule has 0 N–H and O–H groups in total. The van der Waals surface area contributed by atoms with E-state index in [4.69, 9.17) is 10.3 Å². The van der Waals surface area contributed by atoms with Crippen LogP contribution in [-0.4, -0.2) is 33.8 Å². The minimum absolute atomic E-state index is 0. The molecule has 0 saturated heterocycles. The number of hydrogen-bond donors (Lipinski definition) is 0. The Hall–Kier alpha value is -2.41. The van der Waals surface area contributed by atoms with Gasteiger partial charge in [-0.1, -0.05) is 31.2 Å². The smallest absolute Gasteiger partial charge is 0.0839 e. The second-order valence-electron chi connectivity index (χ2n) is 6.64. The van der Waals surface area contributed by atoms with Crippen LogP contribution in [0.3, 0.4) is 0 Å². The summed E-state index contributed by atoms with van der Waals surface area (Å²) >= 11 is 0. The van der Waals surface area contributed by atoms with Gasteiger partial charge in [0.15, 0.2) is 0 Å². The minimum Gasteiger partial charge on any atom is -0.654 e. The monoisotopic (exact) mass is 431 g/mol. The molecule has 5 nitrogen and oxygen atoms in total. The first-order chi connectivity index (χ1) is 13.7. The van der Waals surface area contributed by atoms with Gasteiger partial charge in [-0.3, -0.25) is 19.9 Å². The van der Waals surface area contributed by atoms with Crippen LogP contribution in [0.2, 0.25) is 0 Å². The van der Waals surface area contributed by atoms with Crippen molar-refractivity contribution in [2.24, 2.45) is 4.99 Å². The molecule has 0 fully saturated rings. The van der Waals surface area contributed by atoms with Gasteiger partial charge in [0, 0.05) is 59.2 Å². The molecule has 0 saturated carbocycles. The first-order valence-corrected chi connectivity index (χ1v) is 9.67. The zero-order chi connectivity index (χ0) is 19.6. The van der Waals surface area contributed by atoms with E-state index >= 15 is 0 Å². The molecule has 3 aromatic heterocycles. The van der Waals surface area contributed by atoms with Crippen LogP contribution < -0.4 is 0 Å². The van der Waals surface area contributed by atoms with E-state index in [0.717, 1.165) is 47.9 Å². The van der Waals surface area contributed by atoms with Crippen molar-refractivity contribution in [3.63, 3.8) is 0 Å². The average molecular weight is 431 g/mol. The first kappa shape index (κ1) is 22.9. The summed E-state index contributed by atoms with van der Waals surface area (Å²) < 4.78 is 0. The Morgan fingerprint density at radius 2 is 1.62 bits per heavy atom. The van der Waals surface area contributed by atoms with Gasteiger partial charge in [-0.05, 0) is 49.7 Å². The van der Waals surface area contributed by atoms with E-state index in [1.807, 2.05) is 73.9 Å². The van der Waals surface area contributed by atoms with Gasteiger partial charge in [-0.25, -0.2) is 0 Å². The fourth-order valence-corrected chi connectivity index (χ4v) is 2.86. The molecular weight excluding hydrogens is 405 g/mol. The Morgan fingerprint density at radius 3 is 2.28 bits per heavy atom. The van der Waals surface area contributed by atoms with Crippen molar-refractivity contribution in [1.29, 1.82) is 0 Å². The number of pyridine rings is 3. The summed E-state index contributed by atoms with van der Waals surface area (Å²) in [5.41, 5.74) is 4.94. The molecule has 0 aliphatic heterocycles. The van der Waals surface area contributed by atoms with E-state index in [1.54, 1.807) is 0 Å². The Morgan fingerprint density at radius 1 is 0.931 bits per heavy atom. The third-order valence-electron chi connectivity index (χ3n) is 4.51. The van der Waals surface area contributed by atoms with E-state index in [9.17, 15) is 0 Å². The van der Waals surface area contributed by atoms with Gasteiger partial charge in [-0.15, -0.1) is 6.54 Å². The van der Waals surface area contributed by atoms with Crippen molar-refractivity contribution < 1.29 is 16.8 Å². The van der Waals surface area contributed by atoms with Crippen LogP contribution in [0, 0.1) is 0 Å². The number of aromatic nitrogens is 3. The van der Waals surface area contributed by atoms with Crippen LogP contribution in [0.25, 0.3) is 5.32 Å². The summed E-state index contributed by atoms with van der Waals surface area (Å²) in [6, 6.07) is 18.0. The van der Waals surface area contributed by atoms with Gasteiger partial charge >= 0.3 is 0 Å². The maximum Gasteiger partial charge on any atom is 0.0839 e. The predicted octanol–water partition coefficient (Wildman–Crippen LogP) is 4.60. The molecule has 0 unspecified atom stereocenters. The van der Waals surface area contributed by atoms with Crippen molar-refractivity contribution in [2.45, 2.75) is 32.7 Å². The molecule has 0 aliphatic carbocycles. The SMILES string of the molecule is CC(=NCCc1ccccn1)c1cccc([C@H](C)[N-]CCc2ccccn2)n1.[Co]. The topological polar surface area (TPSA) is 65.1 Å². The van der Waals surface area contributed by atoms with Crippen LogP contribution in [0.15, 0.2) is 72.0 Å². The fraction of sp³-hybridized carbons (Fsp3) is 0.304. The molecule has 3 heterocycles. The second kappa shape index (κ2) is 12.2. The van der Waals surface area contributed by atoms with E-state index in [0.29, 0.717) is 6.54 Å². The van der Waals surface area contributed by atoms with Gasteiger partial charge < -0.3 is 5.32 Å². The maximum atomic E-state index is 4.77. The number of rotatable bonds is 9. The normalized spacial score (nSPS) is 12.3.